The zero-order valence-corrected chi connectivity index (χ0v) is 27.2. The fourth-order valence-electron chi connectivity index (χ4n) is 7.61. The molecule has 5 heteroatoms. The first-order valence-corrected chi connectivity index (χ1v) is 17.0. The first kappa shape index (κ1) is 28.3. The Hall–Kier alpha value is -6.72. The molecule has 10 rings (SSSR count). The molecule has 10 aromatic rings. The Labute approximate surface area is 288 Å². The predicted molar refractivity (Wildman–Crippen MR) is 205 cm³/mol. The standard InChI is InChI=1S/C45H31N5/c1-2-12-32(13-3-1)41-30-48(47-46-41)29-33-28-35(50-44-20-10-6-16-39(44)40-17-7-11-21-45(40)50)26-27-36(33)31-22-24-34(25-23-31)49-42-18-8-4-14-37(42)38-15-5-9-19-43(38)49/h1-28,30H,29H2. The Morgan fingerprint density at radius 3 is 1.46 bits per heavy atom. The topological polar surface area (TPSA) is 40.6 Å². The second-order valence-corrected chi connectivity index (χ2v) is 12.8. The zero-order chi connectivity index (χ0) is 33.0. The Kier molecular flexibility index (Phi) is 6.49. The summed E-state index contributed by atoms with van der Waals surface area (Å²) in [5.74, 6) is 0. The fourth-order valence-corrected chi connectivity index (χ4v) is 7.61. The van der Waals surface area contributed by atoms with Crippen LogP contribution >= 0.6 is 0 Å². The number of rotatable bonds is 6. The molecule has 0 aliphatic heterocycles. The first-order valence-electron chi connectivity index (χ1n) is 17.0. The second kappa shape index (κ2) is 11.5. The molecule has 0 amide bonds. The predicted octanol–water partition coefficient (Wildman–Crippen LogP) is 10.9. The maximum absolute atomic E-state index is 4.58. The fraction of sp³-hybridized carbons (Fsp3) is 0.0222. The van der Waals surface area contributed by atoms with Gasteiger partial charge in [-0.3, -0.25) is 0 Å². The average Bonchev–Trinajstić information content (AvgIpc) is 3.88. The van der Waals surface area contributed by atoms with Crippen LogP contribution in [-0.4, -0.2) is 24.1 Å². The molecule has 0 atom stereocenters. The summed E-state index contributed by atoms with van der Waals surface area (Å²) in [5, 5.41) is 14.1. The van der Waals surface area contributed by atoms with Crippen molar-refractivity contribution in [2.24, 2.45) is 0 Å². The molecule has 0 N–H and O–H groups in total. The minimum atomic E-state index is 0.578. The lowest BCUT2D eigenvalue weighted by atomic mass is 9.98. The number of hydrogen-bond donors (Lipinski definition) is 0. The smallest absolute Gasteiger partial charge is 0.113 e. The third-order valence-electron chi connectivity index (χ3n) is 9.88. The number of fused-ring (bicyclic) bond motifs is 6. The Bertz CT molecular complexity index is 2730. The van der Waals surface area contributed by atoms with Gasteiger partial charge in [-0.2, -0.15) is 0 Å². The van der Waals surface area contributed by atoms with Crippen molar-refractivity contribution in [3.63, 3.8) is 0 Å². The molecule has 3 heterocycles. The molecule has 0 spiro atoms. The van der Waals surface area contributed by atoms with Gasteiger partial charge >= 0.3 is 0 Å². The summed E-state index contributed by atoms with van der Waals surface area (Å²) >= 11 is 0. The third kappa shape index (κ3) is 4.55. The van der Waals surface area contributed by atoms with Crippen LogP contribution in [0.4, 0.5) is 0 Å². The van der Waals surface area contributed by atoms with Gasteiger partial charge in [0.2, 0.25) is 0 Å². The third-order valence-corrected chi connectivity index (χ3v) is 9.88. The lowest BCUT2D eigenvalue weighted by molar-refractivity contribution is 0.650. The average molecular weight is 642 g/mol. The summed E-state index contributed by atoms with van der Waals surface area (Å²) in [4.78, 5) is 0. The van der Waals surface area contributed by atoms with E-state index < -0.39 is 0 Å². The van der Waals surface area contributed by atoms with Gasteiger partial charge in [0, 0.05) is 38.5 Å². The molecular formula is C45H31N5. The number of para-hydroxylation sites is 4. The van der Waals surface area contributed by atoms with E-state index in [0.717, 1.165) is 28.2 Å². The van der Waals surface area contributed by atoms with E-state index in [2.05, 4.69) is 171 Å². The molecular weight excluding hydrogens is 611 g/mol. The Balaban J connectivity index is 1.11. The van der Waals surface area contributed by atoms with E-state index in [1.807, 2.05) is 29.1 Å². The summed E-state index contributed by atoms with van der Waals surface area (Å²) in [7, 11) is 0. The van der Waals surface area contributed by atoms with Crippen LogP contribution in [0.2, 0.25) is 0 Å². The van der Waals surface area contributed by atoms with Crippen LogP contribution in [-0.2, 0) is 6.54 Å². The van der Waals surface area contributed by atoms with E-state index in [9.17, 15) is 0 Å². The SMILES string of the molecule is c1ccc(-c2cn(Cc3cc(-n4c5ccccc5c5ccccc54)ccc3-c3ccc(-n4c5ccccc5c5ccccc54)cc3)nn2)cc1. The van der Waals surface area contributed by atoms with Crippen LogP contribution in [0.3, 0.4) is 0 Å². The number of benzene rings is 7. The lowest BCUT2D eigenvalue weighted by Gasteiger charge is -2.15. The van der Waals surface area contributed by atoms with Gasteiger partial charge in [0.05, 0.1) is 34.8 Å². The molecule has 0 saturated heterocycles. The molecule has 0 saturated carbocycles. The molecule has 0 aliphatic carbocycles. The first-order chi connectivity index (χ1) is 24.8. The highest BCUT2D eigenvalue weighted by Gasteiger charge is 2.16. The molecule has 0 unspecified atom stereocenters. The molecule has 3 aromatic heterocycles. The van der Waals surface area contributed by atoms with Crippen molar-refractivity contribution in [3.8, 4) is 33.8 Å². The molecule has 0 aliphatic rings. The van der Waals surface area contributed by atoms with E-state index in [1.165, 1.54) is 54.7 Å². The molecule has 0 fully saturated rings. The molecule has 0 bridgehead atoms. The van der Waals surface area contributed by atoms with E-state index in [0.29, 0.717) is 6.54 Å². The number of nitrogens with zero attached hydrogens (tertiary/aromatic N) is 5. The number of hydrogen-bond acceptors (Lipinski definition) is 2. The monoisotopic (exact) mass is 641 g/mol. The summed E-state index contributed by atoms with van der Waals surface area (Å²) in [6.07, 6.45) is 2.04. The van der Waals surface area contributed by atoms with Crippen molar-refractivity contribution < 1.29 is 0 Å². The van der Waals surface area contributed by atoms with Crippen LogP contribution in [0.1, 0.15) is 5.56 Å². The van der Waals surface area contributed by atoms with Crippen molar-refractivity contribution in [1.29, 1.82) is 0 Å². The zero-order valence-electron chi connectivity index (χ0n) is 27.2. The van der Waals surface area contributed by atoms with Gasteiger partial charge in [0.25, 0.3) is 0 Å². The largest absolute Gasteiger partial charge is 0.309 e. The summed E-state index contributed by atoms with van der Waals surface area (Å²) in [6, 6.07) is 60.6. The van der Waals surface area contributed by atoms with Gasteiger partial charge in [-0.25, -0.2) is 4.68 Å². The van der Waals surface area contributed by atoms with Crippen molar-refractivity contribution in [1.82, 2.24) is 24.1 Å². The van der Waals surface area contributed by atoms with E-state index in [-0.39, 0.29) is 0 Å². The van der Waals surface area contributed by atoms with Crippen LogP contribution < -0.4 is 0 Å². The Morgan fingerprint density at radius 2 is 0.900 bits per heavy atom. The molecule has 5 nitrogen and oxygen atoms in total. The van der Waals surface area contributed by atoms with Gasteiger partial charge < -0.3 is 9.13 Å². The van der Waals surface area contributed by atoms with Crippen LogP contribution in [0.15, 0.2) is 176 Å². The minimum Gasteiger partial charge on any atom is -0.309 e. The minimum absolute atomic E-state index is 0.578. The Morgan fingerprint density at radius 1 is 0.420 bits per heavy atom. The van der Waals surface area contributed by atoms with E-state index in [1.54, 1.807) is 0 Å². The van der Waals surface area contributed by atoms with Gasteiger partial charge in [0.1, 0.15) is 5.69 Å². The van der Waals surface area contributed by atoms with Gasteiger partial charge in [-0.15, -0.1) is 5.10 Å². The highest BCUT2D eigenvalue weighted by atomic mass is 15.4. The second-order valence-electron chi connectivity index (χ2n) is 12.8. The molecule has 50 heavy (non-hydrogen) atoms. The summed E-state index contributed by atoms with van der Waals surface area (Å²) in [6.45, 7) is 0.578. The summed E-state index contributed by atoms with van der Waals surface area (Å²) < 4.78 is 6.69. The van der Waals surface area contributed by atoms with Crippen LogP contribution in [0.25, 0.3) is 77.4 Å². The van der Waals surface area contributed by atoms with E-state index >= 15 is 0 Å². The molecule has 7 aromatic carbocycles. The highest BCUT2D eigenvalue weighted by molar-refractivity contribution is 6.10. The van der Waals surface area contributed by atoms with E-state index in [4.69, 9.17) is 0 Å². The lowest BCUT2D eigenvalue weighted by Crippen LogP contribution is -2.04. The van der Waals surface area contributed by atoms with Crippen LogP contribution in [0, 0.1) is 0 Å². The van der Waals surface area contributed by atoms with Gasteiger partial charge in [0.15, 0.2) is 0 Å². The number of aromatic nitrogens is 5. The summed E-state index contributed by atoms with van der Waals surface area (Å²) in [5.41, 5.74) is 12.5. The maximum Gasteiger partial charge on any atom is 0.113 e. The quantitative estimate of drug-likeness (QED) is 0.181. The normalized spacial score (nSPS) is 11.7. The van der Waals surface area contributed by atoms with Gasteiger partial charge in [-0.1, -0.05) is 127 Å². The molecule has 0 radical (unpaired) electrons. The van der Waals surface area contributed by atoms with Crippen molar-refractivity contribution in [2.75, 3.05) is 0 Å². The van der Waals surface area contributed by atoms with Crippen molar-refractivity contribution >= 4 is 43.6 Å². The van der Waals surface area contributed by atoms with Gasteiger partial charge in [-0.05, 0) is 65.2 Å². The van der Waals surface area contributed by atoms with Crippen LogP contribution in [0.5, 0.6) is 0 Å². The maximum atomic E-state index is 4.58. The molecule has 236 valence electrons. The van der Waals surface area contributed by atoms with Crippen molar-refractivity contribution in [2.45, 2.75) is 6.54 Å². The highest BCUT2D eigenvalue weighted by Crippen LogP contribution is 2.36. The van der Waals surface area contributed by atoms with Crippen molar-refractivity contribution in [3.05, 3.63) is 182 Å².